The summed E-state index contributed by atoms with van der Waals surface area (Å²) in [5, 5.41) is 0. The number of H-pyrrole nitrogens is 1. The Balaban J connectivity index is 2.27. The maximum atomic E-state index is 13.0. The second-order valence-corrected chi connectivity index (χ2v) is 8.24. The van der Waals surface area contributed by atoms with Gasteiger partial charge in [-0.2, -0.15) is 0 Å². The second kappa shape index (κ2) is 10.8. The van der Waals surface area contributed by atoms with Gasteiger partial charge in [0, 0.05) is 31.2 Å². The van der Waals surface area contributed by atoms with Crippen molar-refractivity contribution in [3.63, 3.8) is 0 Å². The lowest BCUT2D eigenvalue weighted by Gasteiger charge is -2.24. The number of carbonyl (C=O) groups excluding carboxylic acids is 1. The van der Waals surface area contributed by atoms with Gasteiger partial charge in [-0.25, -0.2) is 4.79 Å². The van der Waals surface area contributed by atoms with Crippen LogP contribution in [0.15, 0.2) is 34.1 Å². The van der Waals surface area contributed by atoms with Gasteiger partial charge < -0.3 is 10.6 Å². The molecule has 2 aromatic heterocycles. The number of thioether (sulfide) groups is 1. The maximum absolute atomic E-state index is 13.0. The van der Waals surface area contributed by atoms with E-state index in [4.69, 9.17) is 5.73 Å². The van der Waals surface area contributed by atoms with Gasteiger partial charge in [-0.1, -0.05) is 33.3 Å². The molecule has 2 rings (SSSR count). The van der Waals surface area contributed by atoms with E-state index in [-0.39, 0.29) is 29.1 Å². The van der Waals surface area contributed by atoms with E-state index < -0.39 is 11.2 Å². The molecular weight excluding hydrogens is 390 g/mol. The molecule has 8 nitrogen and oxygen atoms in total. The van der Waals surface area contributed by atoms with E-state index in [1.807, 2.05) is 32.9 Å². The summed E-state index contributed by atoms with van der Waals surface area (Å²) in [6.07, 6.45) is 5.04. The molecule has 3 N–H and O–H groups in total. The van der Waals surface area contributed by atoms with Crippen LogP contribution in [-0.4, -0.2) is 32.7 Å². The number of pyridine rings is 1. The van der Waals surface area contributed by atoms with Crippen LogP contribution in [0.1, 0.15) is 39.2 Å². The number of carbonyl (C=O) groups is 1. The predicted octanol–water partition coefficient (Wildman–Crippen LogP) is 2.24. The molecule has 0 saturated carbocycles. The molecule has 0 fully saturated rings. The van der Waals surface area contributed by atoms with Crippen molar-refractivity contribution in [1.82, 2.24) is 14.5 Å². The first-order valence-electron chi connectivity index (χ1n) is 9.74. The molecule has 9 heteroatoms. The first kappa shape index (κ1) is 22.7. The smallest absolute Gasteiger partial charge is 0.330 e. The fourth-order valence-corrected chi connectivity index (χ4v) is 3.72. The summed E-state index contributed by atoms with van der Waals surface area (Å²) < 4.78 is 1.33. The van der Waals surface area contributed by atoms with Gasteiger partial charge in [-0.05, 0) is 24.0 Å². The highest BCUT2D eigenvalue weighted by Gasteiger charge is 2.24. The van der Waals surface area contributed by atoms with E-state index in [0.29, 0.717) is 18.8 Å². The Bertz CT molecular complexity index is 924. The topological polar surface area (TPSA) is 114 Å². The molecule has 158 valence electrons. The molecule has 29 heavy (non-hydrogen) atoms. The van der Waals surface area contributed by atoms with Crippen LogP contribution in [0.2, 0.25) is 0 Å². The number of hydrogen-bond donors (Lipinski definition) is 2. The van der Waals surface area contributed by atoms with E-state index in [1.165, 1.54) is 21.2 Å². The normalized spacial score (nSPS) is 11.0. The minimum atomic E-state index is -0.630. The Morgan fingerprint density at radius 2 is 2.14 bits per heavy atom. The Hall–Kier alpha value is -2.55. The van der Waals surface area contributed by atoms with Crippen LogP contribution in [0.5, 0.6) is 0 Å². The largest absolute Gasteiger partial charge is 0.383 e. The summed E-state index contributed by atoms with van der Waals surface area (Å²) >= 11 is 1.45. The quantitative estimate of drug-likeness (QED) is 0.610. The molecule has 2 aromatic rings. The van der Waals surface area contributed by atoms with Gasteiger partial charge in [0.05, 0.1) is 5.75 Å². The van der Waals surface area contributed by atoms with Gasteiger partial charge in [0.25, 0.3) is 5.56 Å². The zero-order valence-corrected chi connectivity index (χ0v) is 18.0. The molecule has 0 aromatic carbocycles. The van der Waals surface area contributed by atoms with Crippen molar-refractivity contribution in [1.29, 1.82) is 0 Å². The highest BCUT2D eigenvalue weighted by Crippen LogP contribution is 2.20. The van der Waals surface area contributed by atoms with Gasteiger partial charge in [0.2, 0.25) is 5.91 Å². The zero-order valence-electron chi connectivity index (χ0n) is 17.2. The summed E-state index contributed by atoms with van der Waals surface area (Å²) in [5.74, 6) is 0.817. The van der Waals surface area contributed by atoms with Crippen LogP contribution in [0.3, 0.4) is 0 Å². The van der Waals surface area contributed by atoms with Crippen molar-refractivity contribution in [3.05, 3.63) is 50.9 Å². The molecule has 1 amide bonds. The van der Waals surface area contributed by atoms with E-state index in [1.54, 1.807) is 12.4 Å². The number of nitrogens with one attached hydrogen (secondary N) is 1. The Kier molecular flexibility index (Phi) is 8.50. The number of unbranched alkanes of at least 4 members (excludes halogenated alkanes) is 1. The van der Waals surface area contributed by atoms with Crippen molar-refractivity contribution in [2.24, 2.45) is 5.92 Å². The lowest BCUT2D eigenvalue weighted by atomic mass is 10.2. The number of hydrogen-bond acceptors (Lipinski definition) is 6. The van der Waals surface area contributed by atoms with Crippen LogP contribution in [0.25, 0.3) is 0 Å². The average Bonchev–Trinajstić information content (AvgIpc) is 2.68. The maximum Gasteiger partial charge on any atom is 0.330 e. The van der Waals surface area contributed by atoms with Gasteiger partial charge in [0.1, 0.15) is 5.82 Å². The molecule has 0 bridgehead atoms. The first-order valence-corrected chi connectivity index (χ1v) is 10.9. The number of anilines is 2. The Morgan fingerprint density at radius 1 is 1.38 bits per heavy atom. The first-order chi connectivity index (χ1) is 13.8. The number of amides is 1. The van der Waals surface area contributed by atoms with E-state index in [9.17, 15) is 14.4 Å². The molecule has 0 aliphatic carbocycles. The Labute approximate surface area is 174 Å². The predicted molar refractivity (Wildman–Crippen MR) is 118 cm³/mol. The standard InChI is InChI=1S/C20H29N5O3S/c1-4-5-9-24(16(26)13-29-12-15-7-6-8-22-10-15)17-18(21)25(11-14(2)3)20(28)23-19(17)27/h6-8,10,14H,4-5,9,11-13,21H2,1-3H3,(H,23,27,28). The number of aromatic nitrogens is 3. The van der Waals surface area contributed by atoms with Crippen molar-refractivity contribution in [2.45, 2.75) is 45.9 Å². The molecule has 0 spiro atoms. The number of nitrogen functional groups attached to an aromatic ring is 1. The van der Waals surface area contributed by atoms with Crippen LogP contribution < -0.4 is 21.9 Å². The monoisotopic (exact) mass is 419 g/mol. The zero-order chi connectivity index (χ0) is 21.4. The third-order valence-corrected chi connectivity index (χ3v) is 5.27. The van der Waals surface area contributed by atoms with Crippen molar-refractivity contribution >= 4 is 29.2 Å². The number of aromatic amines is 1. The molecule has 2 heterocycles. The summed E-state index contributed by atoms with van der Waals surface area (Å²) in [4.78, 5) is 45.5. The third kappa shape index (κ3) is 6.22. The van der Waals surface area contributed by atoms with Crippen LogP contribution in [0, 0.1) is 5.92 Å². The lowest BCUT2D eigenvalue weighted by molar-refractivity contribution is -0.116. The molecular formula is C20H29N5O3S. The Morgan fingerprint density at radius 3 is 2.76 bits per heavy atom. The van der Waals surface area contributed by atoms with E-state index >= 15 is 0 Å². The van der Waals surface area contributed by atoms with Crippen molar-refractivity contribution < 1.29 is 4.79 Å². The van der Waals surface area contributed by atoms with Gasteiger partial charge in [-0.3, -0.25) is 24.1 Å². The fourth-order valence-electron chi connectivity index (χ4n) is 2.88. The minimum absolute atomic E-state index is 0.0363. The third-order valence-electron chi connectivity index (χ3n) is 4.29. The van der Waals surface area contributed by atoms with Crippen LogP contribution >= 0.6 is 11.8 Å². The summed E-state index contributed by atoms with van der Waals surface area (Å²) in [7, 11) is 0. The van der Waals surface area contributed by atoms with E-state index in [0.717, 1.165) is 18.4 Å². The number of nitrogens with zero attached hydrogens (tertiary/aromatic N) is 3. The summed E-state index contributed by atoms with van der Waals surface area (Å²) in [5.41, 5.74) is 6.09. The van der Waals surface area contributed by atoms with Crippen molar-refractivity contribution in [2.75, 3.05) is 22.9 Å². The summed E-state index contributed by atoms with van der Waals surface area (Å²) in [6, 6.07) is 3.80. The summed E-state index contributed by atoms with van der Waals surface area (Å²) in [6.45, 7) is 6.64. The molecule has 0 saturated heterocycles. The van der Waals surface area contributed by atoms with Crippen LogP contribution in [0.4, 0.5) is 11.5 Å². The van der Waals surface area contributed by atoms with Gasteiger partial charge >= 0.3 is 5.69 Å². The van der Waals surface area contributed by atoms with Gasteiger partial charge in [-0.15, -0.1) is 11.8 Å². The molecule has 0 unspecified atom stereocenters. The number of nitrogens with two attached hydrogens (primary N) is 1. The molecule has 0 radical (unpaired) electrons. The van der Waals surface area contributed by atoms with Gasteiger partial charge in [0.15, 0.2) is 5.69 Å². The average molecular weight is 420 g/mol. The van der Waals surface area contributed by atoms with E-state index in [2.05, 4.69) is 9.97 Å². The van der Waals surface area contributed by atoms with Crippen molar-refractivity contribution in [3.8, 4) is 0 Å². The fraction of sp³-hybridized carbons (Fsp3) is 0.500. The second-order valence-electron chi connectivity index (χ2n) is 7.25. The highest BCUT2D eigenvalue weighted by molar-refractivity contribution is 7.99. The van der Waals surface area contributed by atoms with Crippen LogP contribution in [-0.2, 0) is 17.1 Å². The minimum Gasteiger partial charge on any atom is -0.383 e. The number of rotatable bonds is 10. The molecule has 0 aliphatic rings. The lowest BCUT2D eigenvalue weighted by Crippen LogP contribution is -2.42. The molecule has 0 aliphatic heterocycles. The highest BCUT2D eigenvalue weighted by atomic mass is 32.2. The molecule has 0 atom stereocenters. The SMILES string of the molecule is CCCCN(C(=O)CSCc1cccnc1)c1c(N)n(CC(C)C)c(=O)[nH]c1=O.